The van der Waals surface area contributed by atoms with Crippen LogP contribution < -0.4 is 11.1 Å². The normalized spacial score (nSPS) is 11.7. The molecule has 0 aliphatic heterocycles. The predicted octanol–water partition coefficient (Wildman–Crippen LogP) is 3.39. The van der Waals surface area contributed by atoms with Gasteiger partial charge in [0.05, 0.1) is 6.42 Å². The number of amides is 2. The van der Waals surface area contributed by atoms with Crippen molar-refractivity contribution in [1.29, 1.82) is 0 Å². The van der Waals surface area contributed by atoms with Crippen LogP contribution in [0.1, 0.15) is 11.1 Å². The lowest BCUT2D eigenvalue weighted by Crippen LogP contribution is -2.46. The first-order valence-corrected chi connectivity index (χ1v) is 9.09. The first-order chi connectivity index (χ1) is 13.9. The fraction of sp³-hybridized carbons (Fsp3) is 0.130. The Morgan fingerprint density at radius 2 is 1.41 bits per heavy atom. The highest BCUT2D eigenvalue weighted by molar-refractivity contribution is 5.87. The van der Waals surface area contributed by atoms with Crippen molar-refractivity contribution in [3.05, 3.63) is 95.6 Å². The second-order valence-electron chi connectivity index (χ2n) is 6.74. The van der Waals surface area contributed by atoms with Gasteiger partial charge in [-0.05, 0) is 34.4 Å². The summed E-state index contributed by atoms with van der Waals surface area (Å²) in [5.41, 5.74) is 8.52. The topological polar surface area (TPSA) is 72.2 Å². The van der Waals surface area contributed by atoms with E-state index < -0.39 is 29.5 Å². The van der Waals surface area contributed by atoms with Crippen LogP contribution in [0.15, 0.2) is 72.8 Å². The molecule has 0 aromatic heterocycles. The van der Waals surface area contributed by atoms with Crippen molar-refractivity contribution in [1.82, 2.24) is 5.32 Å². The van der Waals surface area contributed by atoms with Crippen molar-refractivity contribution < 1.29 is 18.4 Å². The lowest BCUT2D eigenvalue weighted by atomic mass is 10.00. The van der Waals surface area contributed by atoms with Crippen molar-refractivity contribution in [3.63, 3.8) is 0 Å². The molecule has 0 fully saturated rings. The number of nitrogens with two attached hydrogens (primary N) is 1. The van der Waals surface area contributed by atoms with E-state index in [2.05, 4.69) is 5.32 Å². The number of hydrogen-bond donors (Lipinski definition) is 2. The highest BCUT2D eigenvalue weighted by atomic mass is 19.1. The standard InChI is InChI=1S/C23H20F2N2O2/c24-19-10-16(11-20(25)14-19)13-22(28)27-21(23(26)29)12-15-6-8-18(9-7-15)17-4-2-1-3-5-17/h1-11,14,21H,12-13H2,(H2,26,29)(H,27,28)/t21-/m0/s1. The van der Waals surface area contributed by atoms with Crippen LogP contribution in [0.4, 0.5) is 8.78 Å². The predicted molar refractivity (Wildman–Crippen MR) is 107 cm³/mol. The molecule has 0 unspecified atom stereocenters. The van der Waals surface area contributed by atoms with Crippen LogP contribution in [0.3, 0.4) is 0 Å². The van der Waals surface area contributed by atoms with Gasteiger partial charge >= 0.3 is 0 Å². The summed E-state index contributed by atoms with van der Waals surface area (Å²) in [6, 6.07) is 19.4. The molecule has 0 saturated carbocycles. The Kier molecular flexibility index (Phi) is 6.34. The summed E-state index contributed by atoms with van der Waals surface area (Å²) in [6.45, 7) is 0. The van der Waals surface area contributed by atoms with E-state index in [-0.39, 0.29) is 18.4 Å². The molecule has 0 aliphatic carbocycles. The van der Waals surface area contributed by atoms with Crippen LogP contribution in [-0.2, 0) is 22.4 Å². The van der Waals surface area contributed by atoms with Crippen molar-refractivity contribution in [2.24, 2.45) is 5.73 Å². The maximum atomic E-state index is 13.3. The minimum absolute atomic E-state index is 0.176. The molecule has 3 aromatic carbocycles. The van der Waals surface area contributed by atoms with Gasteiger partial charge in [0.15, 0.2) is 0 Å². The van der Waals surface area contributed by atoms with E-state index in [1.165, 1.54) is 0 Å². The van der Waals surface area contributed by atoms with Gasteiger partial charge in [0.2, 0.25) is 11.8 Å². The molecule has 4 nitrogen and oxygen atoms in total. The molecule has 148 valence electrons. The molecule has 0 radical (unpaired) electrons. The first kappa shape index (κ1) is 20.2. The zero-order valence-electron chi connectivity index (χ0n) is 15.6. The van der Waals surface area contributed by atoms with Gasteiger partial charge in [-0.1, -0.05) is 54.6 Å². The van der Waals surface area contributed by atoms with Gasteiger partial charge in [-0.3, -0.25) is 9.59 Å². The molecular weight excluding hydrogens is 374 g/mol. The van der Waals surface area contributed by atoms with E-state index in [0.29, 0.717) is 0 Å². The van der Waals surface area contributed by atoms with E-state index in [0.717, 1.165) is 34.9 Å². The van der Waals surface area contributed by atoms with E-state index in [1.807, 2.05) is 54.6 Å². The van der Waals surface area contributed by atoms with E-state index in [9.17, 15) is 18.4 Å². The molecule has 1 atom stereocenters. The summed E-state index contributed by atoms with van der Waals surface area (Å²) >= 11 is 0. The van der Waals surface area contributed by atoms with Crippen molar-refractivity contribution >= 4 is 11.8 Å². The molecule has 3 N–H and O–H groups in total. The van der Waals surface area contributed by atoms with Gasteiger partial charge in [0, 0.05) is 12.5 Å². The van der Waals surface area contributed by atoms with Crippen molar-refractivity contribution in [3.8, 4) is 11.1 Å². The largest absolute Gasteiger partial charge is 0.368 e. The smallest absolute Gasteiger partial charge is 0.240 e. The van der Waals surface area contributed by atoms with Crippen LogP contribution in [0.2, 0.25) is 0 Å². The van der Waals surface area contributed by atoms with Gasteiger partial charge in [-0.25, -0.2) is 8.78 Å². The summed E-state index contributed by atoms with van der Waals surface area (Å²) in [5.74, 6) is -2.76. The third kappa shape index (κ3) is 5.72. The van der Waals surface area contributed by atoms with Gasteiger partial charge in [0.25, 0.3) is 0 Å². The Morgan fingerprint density at radius 1 is 0.828 bits per heavy atom. The van der Waals surface area contributed by atoms with Crippen molar-refractivity contribution in [2.75, 3.05) is 0 Å². The highest BCUT2D eigenvalue weighted by Crippen LogP contribution is 2.19. The Hall–Kier alpha value is -3.54. The number of rotatable bonds is 7. The molecule has 6 heteroatoms. The van der Waals surface area contributed by atoms with Crippen LogP contribution >= 0.6 is 0 Å². The number of hydrogen-bond acceptors (Lipinski definition) is 2. The molecule has 0 saturated heterocycles. The minimum Gasteiger partial charge on any atom is -0.368 e. The molecule has 2 amide bonds. The number of nitrogens with one attached hydrogen (secondary N) is 1. The molecule has 3 aromatic rings. The molecule has 0 aliphatic rings. The molecule has 3 rings (SSSR count). The average Bonchev–Trinajstić information content (AvgIpc) is 2.68. The third-order valence-corrected chi connectivity index (χ3v) is 4.47. The van der Waals surface area contributed by atoms with Gasteiger partial charge in [0.1, 0.15) is 17.7 Å². The van der Waals surface area contributed by atoms with E-state index >= 15 is 0 Å². The number of carbonyl (C=O) groups excluding carboxylic acids is 2. The Balaban J connectivity index is 1.65. The quantitative estimate of drug-likeness (QED) is 0.645. The summed E-state index contributed by atoms with van der Waals surface area (Å²) < 4.78 is 26.5. The monoisotopic (exact) mass is 394 g/mol. The zero-order chi connectivity index (χ0) is 20.8. The number of carbonyl (C=O) groups is 2. The third-order valence-electron chi connectivity index (χ3n) is 4.47. The second-order valence-corrected chi connectivity index (χ2v) is 6.74. The Morgan fingerprint density at radius 3 is 2.00 bits per heavy atom. The number of primary amides is 1. The lowest BCUT2D eigenvalue weighted by Gasteiger charge is -2.16. The SMILES string of the molecule is NC(=O)[C@H](Cc1ccc(-c2ccccc2)cc1)NC(=O)Cc1cc(F)cc(F)c1. The van der Waals surface area contributed by atoms with Crippen molar-refractivity contribution in [2.45, 2.75) is 18.9 Å². The van der Waals surface area contributed by atoms with Crippen LogP contribution in [-0.4, -0.2) is 17.9 Å². The number of benzene rings is 3. The van der Waals surface area contributed by atoms with Gasteiger partial charge < -0.3 is 11.1 Å². The molecule has 0 heterocycles. The summed E-state index contributed by atoms with van der Waals surface area (Å²) in [6.07, 6.45) is -0.0426. The fourth-order valence-corrected chi connectivity index (χ4v) is 3.07. The van der Waals surface area contributed by atoms with Crippen LogP contribution in [0.5, 0.6) is 0 Å². The van der Waals surface area contributed by atoms with Gasteiger partial charge in [-0.2, -0.15) is 0 Å². The highest BCUT2D eigenvalue weighted by Gasteiger charge is 2.19. The maximum absolute atomic E-state index is 13.3. The van der Waals surface area contributed by atoms with Crippen LogP contribution in [0.25, 0.3) is 11.1 Å². The Bertz CT molecular complexity index is 985. The lowest BCUT2D eigenvalue weighted by molar-refractivity contribution is -0.127. The summed E-state index contributed by atoms with van der Waals surface area (Å²) in [4.78, 5) is 24.0. The van der Waals surface area contributed by atoms with E-state index in [1.54, 1.807) is 0 Å². The zero-order valence-corrected chi connectivity index (χ0v) is 15.6. The minimum atomic E-state index is -0.927. The maximum Gasteiger partial charge on any atom is 0.240 e. The molecule has 29 heavy (non-hydrogen) atoms. The van der Waals surface area contributed by atoms with Crippen LogP contribution in [0, 0.1) is 11.6 Å². The summed E-state index contributed by atoms with van der Waals surface area (Å²) in [5, 5.41) is 2.54. The fourth-order valence-electron chi connectivity index (χ4n) is 3.07. The van der Waals surface area contributed by atoms with E-state index in [4.69, 9.17) is 5.73 Å². The average molecular weight is 394 g/mol. The molecule has 0 bridgehead atoms. The second kappa shape index (κ2) is 9.10. The van der Waals surface area contributed by atoms with Gasteiger partial charge in [-0.15, -0.1) is 0 Å². The Labute approximate surface area is 167 Å². The molecular formula is C23H20F2N2O2. The number of halogens is 2. The molecule has 0 spiro atoms. The first-order valence-electron chi connectivity index (χ1n) is 9.09. The summed E-state index contributed by atoms with van der Waals surface area (Å²) in [7, 11) is 0.